The summed E-state index contributed by atoms with van der Waals surface area (Å²) < 4.78 is 1.15. The van der Waals surface area contributed by atoms with Gasteiger partial charge in [-0.05, 0) is 35.7 Å². The summed E-state index contributed by atoms with van der Waals surface area (Å²) in [5.74, 6) is -1.74. The summed E-state index contributed by atoms with van der Waals surface area (Å²) in [6.45, 7) is 0.474. The first kappa shape index (κ1) is 18.9. The van der Waals surface area contributed by atoms with Gasteiger partial charge in [-0.1, -0.05) is 36.4 Å². The quantitative estimate of drug-likeness (QED) is 0.737. The van der Waals surface area contributed by atoms with Crippen molar-refractivity contribution in [1.82, 2.24) is 14.7 Å². The lowest BCUT2D eigenvalue weighted by molar-refractivity contribution is -0.145. The zero-order chi connectivity index (χ0) is 20.4. The van der Waals surface area contributed by atoms with E-state index in [-0.39, 0.29) is 24.6 Å². The van der Waals surface area contributed by atoms with E-state index >= 15 is 0 Å². The van der Waals surface area contributed by atoms with Crippen molar-refractivity contribution in [2.24, 2.45) is 5.92 Å². The summed E-state index contributed by atoms with van der Waals surface area (Å²) in [5, 5.41) is 15.8. The average Bonchev–Trinajstić information content (AvgIpc) is 2.75. The molecule has 1 amide bonds. The van der Waals surface area contributed by atoms with Crippen molar-refractivity contribution in [2.45, 2.75) is 19.4 Å². The maximum atomic E-state index is 12.6. The van der Waals surface area contributed by atoms with Gasteiger partial charge in [-0.25, -0.2) is 4.68 Å². The Bertz CT molecular complexity index is 1140. The lowest BCUT2D eigenvalue weighted by Gasteiger charge is -2.30. The van der Waals surface area contributed by atoms with Crippen LogP contribution in [-0.2, 0) is 16.1 Å². The van der Waals surface area contributed by atoms with Crippen molar-refractivity contribution in [3.8, 4) is 11.3 Å². The molecule has 4 rings (SSSR count). The third-order valence-corrected chi connectivity index (χ3v) is 5.32. The molecule has 0 aliphatic carbocycles. The topological polar surface area (TPSA) is 92.5 Å². The van der Waals surface area contributed by atoms with Gasteiger partial charge in [-0.15, -0.1) is 0 Å². The summed E-state index contributed by atoms with van der Waals surface area (Å²) >= 11 is 0. The van der Waals surface area contributed by atoms with Crippen LogP contribution < -0.4 is 5.56 Å². The number of likely N-dealkylation sites (tertiary alicyclic amines) is 1. The van der Waals surface area contributed by atoms with E-state index in [0.717, 1.165) is 21.0 Å². The molecule has 0 bridgehead atoms. The van der Waals surface area contributed by atoms with Gasteiger partial charge >= 0.3 is 5.97 Å². The molecule has 7 nitrogen and oxygen atoms in total. The monoisotopic (exact) mass is 391 g/mol. The summed E-state index contributed by atoms with van der Waals surface area (Å²) in [6.07, 6.45) is 1.21. The predicted octanol–water partition coefficient (Wildman–Crippen LogP) is 2.39. The highest BCUT2D eigenvalue weighted by atomic mass is 16.4. The number of carbonyl (C=O) groups is 2. The highest BCUT2D eigenvalue weighted by Crippen LogP contribution is 2.22. The largest absolute Gasteiger partial charge is 0.481 e. The maximum Gasteiger partial charge on any atom is 0.308 e. The lowest BCUT2D eigenvalue weighted by Crippen LogP contribution is -2.44. The number of carboxylic acids is 1. The minimum Gasteiger partial charge on any atom is -0.481 e. The van der Waals surface area contributed by atoms with Crippen molar-refractivity contribution in [3.63, 3.8) is 0 Å². The van der Waals surface area contributed by atoms with Crippen LogP contribution in [0.25, 0.3) is 22.0 Å². The molecule has 2 aromatic carbocycles. The third-order valence-electron chi connectivity index (χ3n) is 5.32. The van der Waals surface area contributed by atoms with Crippen molar-refractivity contribution < 1.29 is 14.7 Å². The van der Waals surface area contributed by atoms with Crippen molar-refractivity contribution >= 4 is 22.6 Å². The smallest absolute Gasteiger partial charge is 0.308 e. The molecule has 2 heterocycles. The summed E-state index contributed by atoms with van der Waals surface area (Å²) in [5.41, 5.74) is 1.09. The van der Waals surface area contributed by atoms with E-state index in [1.165, 1.54) is 11.0 Å². The van der Waals surface area contributed by atoms with Gasteiger partial charge in [-0.2, -0.15) is 5.10 Å². The Morgan fingerprint density at radius 1 is 1.07 bits per heavy atom. The van der Waals surface area contributed by atoms with E-state index in [1.807, 2.05) is 42.5 Å². The normalized spacial score (nSPS) is 16.7. The van der Waals surface area contributed by atoms with E-state index in [4.69, 9.17) is 0 Å². The third kappa shape index (κ3) is 4.03. The highest BCUT2D eigenvalue weighted by molar-refractivity contribution is 5.86. The van der Waals surface area contributed by atoms with Gasteiger partial charge in [0, 0.05) is 24.7 Å². The van der Waals surface area contributed by atoms with E-state index in [0.29, 0.717) is 25.1 Å². The SMILES string of the molecule is O=C(O)[C@H]1CCCN(C(=O)Cn2nc(-c3ccc4ccccc4c3)ccc2=O)C1. The lowest BCUT2D eigenvalue weighted by atomic mass is 9.98. The molecule has 0 spiro atoms. The van der Waals surface area contributed by atoms with E-state index in [2.05, 4.69) is 5.10 Å². The molecule has 0 unspecified atom stereocenters. The van der Waals surface area contributed by atoms with Gasteiger partial charge in [0.2, 0.25) is 5.91 Å². The fourth-order valence-electron chi connectivity index (χ4n) is 3.70. The van der Waals surface area contributed by atoms with Crippen LogP contribution in [0.4, 0.5) is 0 Å². The van der Waals surface area contributed by atoms with E-state index in [9.17, 15) is 19.5 Å². The van der Waals surface area contributed by atoms with Crippen molar-refractivity contribution in [2.75, 3.05) is 13.1 Å². The number of benzene rings is 2. The number of rotatable bonds is 4. The first-order valence-corrected chi connectivity index (χ1v) is 9.59. The molecule has 148 valence electrons. The number of aliphatic carboxylic acids is 1. The summed E-state index contributed by atoms with van der Waals surface area (Å²) in [4.78, 5) is 37.6. The van der Waals surface area contributed by atoms with Gasteiger partial charge in [0.25, 0.3) is 5.56 Å². The van der Waals surface area contributed by atoms with Crippen LogP contribution in [0.5, 0.6) is 0 Å². The van der Waals surface area contributed by atoms with Crippen LogP contribution in [0.3, 0.4) is 0 Å². The van der Waals surface area contributed by atoms with Gasteiger partial charge in [0.05, 0.1) is 11.6 Å². The minimum atomic E-state index is -0.893. The molecule has 0 radical (unpaired) electrons. The molecule has 1 aromatic heterocycles. The predicted molar refractivity (Wildman–Crippen MR) is 108 cm³/mol. The van der Waals surface area contributed by atoms with E-state index < -0.39 is 11.9 Å². The molecule has 1 atom stereocenters. The summed E-state index contributed by atoms with van der Waals surface area (Å²) in [6, 6.07) is 16.9. The zero-order valence-corrected chi connectivity index (χ0v) is 15.8. The molecular weight excluding hydrogens is 370 g/mol. The fraction of sp³-hybridized carbons (Fsp3) is 0.273. The van der Waals surface area contributed by atoms with Crippen LogP contribution in [0.1, 0.15) is 12.8 Å². The molecule has 3 aromatic rings. The number of fused-ring (bicyclic) bond motifs is 1. The fourth-order valence-corrected chi connectivity index (χ4v) is 3.70. The Morgan fingerprint density at radius 2 is 1.86 bits per heavy atom. The Hall–Kier alpha value is -3.48. The average molecular weight is 391 g/mol. The number of carboxylic acid groups (broad SMARTS) is 1. The Balaban J connectivity index is 1.57. The molecule has 29 heavy (non-hydrogen) atoms. The first-order chi connectivity index (χ1) is 14.0. The number of nitrogens with zero attached hydrogens (tertiary/aromatic N) is 3. The Labute approximate surface area is 167 Å². The van der Waals surface area contributed by atoms with Crippen molar-refractivity contribution in [1.29, 1.82) is 0 Å². The number of piperidine rings is 1. The number of carbonyl (C=O) groups excluding carboxylic acids is 1. The Morgan fingerprint density at radius 3 is 2.66 bits per heavy atom. The molecule has 1 saturated heterocycles. The van der Waals surface area contributed by atoms with Gasteiger partial charge in [-0.3, -0.25) is 14.4 Å². The Kier molecular flexibility index (Phi) is 5.12. The van der Waals surface area contributed by atoms with Gasteiger partial charge < -0.3 is 10.0 Å². The second kappa shape index (κ2) is 7.87. The molecule has 1 aliphatic heterocycles. The van der Waals surface area contributed by atoms with E-state index in [1.54, 1.807) is 6.07 Å². The van der Waals surface area contributed by atoms with Crippen LogP contribution in [0.2, 0.25) is 0 Å². The minimum absolute atomic E-state index is 0.174. The molecule has 7 heteroatoms. The van der Waals surface area contributed by atoms with Crippen molar-refractivity contribution in [3.05, 3.63) is 65.0 Å². The number of aromatic nitrogens is 2. The van der Waals surface area contributed by atoms with Crippen LogP contribution in [0.15, 0.2) is 59.4 Å². The molecule has 1 aliphatic rings. The maximum absolute atomic E-state index is 12.6. The second-order valence-corrected chi connectivity index (χ2v) is 7.29. The first-order valence-electron chi connectivity index (χ1n) is 9.59. The molecular formula is C22H21N3O4. The second-order valence-electron chi connectivity index (χ2n) is 7.29. The van der Waals surface area contributed by atoms with Crippen LogP contribution in [-0.4, -0.2) is 44.8 Å². The molecule has 1 fully saturated rings. The number of hydrogen-bond acceptors (Lipinski definition) is 4. The van der Waals surface area contributed by atoms with Crippen LogP contribution >= 0.6 is 0 Å². The van der Waals surface area contributed by atoms with Gasteiger partial charge in [0.1, 0.15) is 6.54 Å². The number of amides is 1. The number of hydrogen-bond donors (Lipinski definition) is 1. The molecule has 1 N–H and O–H groups in total. The zero-order valence-electron chi connectivity index (χ0n) is 15.8. The molecule has 0 saturated carbocycles. The van der Waals surface area contributed by atoms with Crippen LogP contribution in [0, 0.1) is 5.92 Å². The van der Waals surface area contributed by atoms with Gasteiger partial charge in [0.15, 0.2) is 0 Å². The summed E-state index contributed by atoms with van der Waals surface area (Å²) in [7, 11) is 0. The standard InChI is InChI=1S/C22H21N3O4/c26-20-10-9-19(17-8-7-15-4-1-2-5-16(15)12-17)23-25(20)14-21(27)24-11-3-6-18(13-24)22(28)29/h1-2,4-5,7-10,12,18H,3,6,11,13-14H2,(H,28,29)/t18-/m0/s1. The highest BCUT2D eigenvalue weighted by Gasteiger charge is 2.28.